The molecule has 0 aromatic heterocycles. The molecule has 0 radical (unpaired) electrons. The Morgan fingerprint density at radius 2 is 2.10 bits per heavy atom. The zero-order valence-electron chi connectivity index (χ0n) is 16.6. The van der Waals surface area contributed by atoms with E-state index in [1.165, 1.54) is 13.2 Å². The van der Waals surface area contributed by atoms with Gasteiger partial charge in [-0.2, -0.15) is 0 Å². The number of benzene rings is 2. The summed E-state index contributed by atoms with van der Waals surface area (Å²) >= 11 is 0. The van der Waals surface area contributed by atoms with Crippen LogP contribution in [0, 0.1) is 0 Å². The second kappa shape index (κ2) is 8.79. The van der Waals surface area contributed by atoms with Crippen LogP contribution in [0.3, 0.4) is 0 Å². The van der Waals surface area contributed by atoms with Gasteiger partial charge in [0.15, 0.2) is 5.88 Å². The van der Waals surface area contributed by atoms with Crippen molar-refractivity contribution in [3.05, 3.63) is 66.1 Å². The second-order valence-electron chi connectivity index (χ2n) is 6.88. The number of hydrogen-bond donors (Lipinski definition) is 3. The summed E-state index contributed by atoms with van der Waals surface area (Å²) in [6, 6.07) is 10.9. The van der Waals surface area contributed by atoms with Gasteiger partial charge in [-0.15, -0.1) is 0 Å². The fourth-order valence-electron chi connectivity index (χ4n) is 3.32. The molecule has 0 bridgehead atoms. The Hall–Kier alpha value is -3.32. The first-order chi connectivity index (χ1) is 13.9. The molecule has 7 heteroatoms. The molecule has 152 valence electrons. The predicted octanol–water partition coefficient (Wildman–Crippen LogP) is 2.50. The molecular formula is C22H25N3O4. The van der Waals surface area contributed by atoms with Gasteiger partial charge in [0.1, 0.15) is 6.04 Å². The number of aliphatic hydroxyl groups excluding tert-OH is 1. The van der Waals surface area contributed by atoms with Gasteiger partial charge in [-0.05, 0) is 29.8 Å². The monoisotopic (exact) mass is 395 g/mol. The van der Waals surface area contributed by atoms with Crippen molar-refractivity contribution in [1.82, 2.24) is 10.6 Å². The summed E-state index contributed by atoms with van der Waals surface area (Å²) in [6.45, 7) is 6.89. The van der Waals surface area contributed by atoms with Gasteiger partial charge in [0.2, 0.25) is 5.91 Å². The van der Waals surface area contributed by atoms with E-state index in [-0.39, 0.29) is 11.8 Å². The fraction of sp³-hybridized carbons (Fsp3) is 0.273. The van der Waals surface area contributed by atoms with Gasteiger partial charge >= 0.3 is 5.97 Å². The SMILES string of the molecule is C=C/C(C)=C(\O)NC(=O)[C@@H]1CN(c2cc(C(=O)OC)c3ccccc3c2)CCN1. The highest BCUT2D eigenvalue weighted by Crippen LogP contribution is 2.27. The molecule has 29 heavy (non-hydrogen) atoms. The van der Waals surface area contributed by atoms with Crippen LogP contribution in [0.2, 0.25) is 0 Å². The number of rotatable bonds is 5. The van der Waals surface area contributed by atoms with E-state index in [4.69, 9.17) is 4.74 Å². The number of allylic oxidation sites excluding steroid dienone is 2. The smallest absolute Gasteiger partial charge is 0.338 e. The molecule has 1 aliphatic heterocycles. The highest BCUT2D eigenvalue weighted by molar-refractivity contribution is 6.06. The van der Waals surface area contributed by atoms with Crippen LogP contribution in [0.4, 0.5) is 5.69 Å². The van der Waals surface area contributed by atoms with E-state index < -0.39 is 12.0 Å². The number of piperazine rings is 1. The van der Waals surface area contributed by atoms with Crippen LogP contribution in [0.1, 0.15) is 17.3 Å². The maximum Gasteiger partial charge on any atom is 0.338 e. The zero-order chi connectivity index (χ0) is 21.0. The molecule has 7 nitrogen and oxygen atoms in total. The molecule has 1 amide bonds. The molecule has 0 unspecified atom stereocenters. The molecule has 1 heterocycles. The summed E-state index contributed by atoms with van der Waals surface area (Å²) in [4.78, 5) is 26.9. The van der Waals surface area contributed by atoms with Crippen LogP contribution in [0.15, 0.2) is 60.5 Å². The summed E-state index contributed by atoms with van der Waals surface area (Å²) in [5.41, 5.74) is 1.82. The standard InChI is InChI=1S/C22H25N3O4/c1-4-14(2)20(26)24-21(27)19-13-25(10-9-23-19)16-11-15-7-5-6-8-17(15)18(12-16)22(28)29-3/h4-8,11-12,19,23,26H,1,9-10,13H2,2-3H3,(H,24,27)/b20-14-/t19-/m0/s1. The molecule has 0 spiro atoms. The number of carbonyl (C=O) groups is 2. The van der Waals surface area contributed by atoms with Gasteiger partial charge < -0.3 is 20.1 Å². The van der Waals surface area contributed by atoms with Gasteiger partial charge in [0.05, 0.1) is 12.7 Å². The average molecular weight is 395 g/mol. The van der Waals surface area contributed by atoms with E-state index in [2.05, 4.69) is 17.2 Å². The third kappa shape index (κ3) is 4.41. The van der Waals surface area contributed by atoms with Gasteiger partial charge in [0.25, 0.3) is 0 Å². The van der Waals surface area contributed by atoms with Crippen molar-refractivity contribution in [2.24, 2.45) is 0 Å². The van der Waals surface area contributed by atoms with E-state index in [0.29, 0.717) is 30.8 Å². The summed E-state index contributed by atoms with van der Waals surface area (Å²) in [7, 11) is 1.36. The van der Waals surface area contributed by atoms with Crippen LogP contribution in [0.25, 0.3) is 10.8 Å². The second-order valence-corrected chi connectivity index (χ2v) is 6.88. The fourth-order valence-corrected chi connectivity index (χ4v) is 3.32. The quantitative estimate of drug-likeness (QED) is 0.409. The minimum absolute atomic E-state index is 0.206. The van der Waals surface area contributed by atoms with E-state index in [1.807, 2.05) is 35.2 Å². The number of nitrogens with one attached hydrogen (secondary N) is 2. The van der Waals surface area contributed by atoms with E-state index in [1.54, 1.807) is 13.0 Å². The zero-order valence-corrected chi connectivity index (χ0v) is 16.6. The van der Waals surface area contributed by atoms with Crippen LogP contribution in [0.5, 0.6) is 0 Å². The number of methoxy groups -OCH3 is 1. The largest absolute Gasteiger partial charge is 0.494 e. The first-order valence-electron chi connectivity index (χ1n) is 9.37. The number of anilines is 1. The number of carbonyl (C=O) groups excluding carboxylic acids is 2. The lowest BCUT2D eigenvalue weighted by Crippen LogP contribution is -2.57. The lowest BCUT2D eigenvalue weighted by Gasteiger charge is -2.35. The maximum absolute atomic E-state index is 12.5. The molecule has 1 fully saturated rings. The third-order valence-corrected chi connectivity index (χ3v) is 5.03. The van der Waals surface area contributed by atoms with Crippen LogP contribution in [-0.4, -0.2) is 49.8 Å². The maximum atomic E-state index is 12.5. The summed E-state index contributed by atoms with van der Waals surface area (Å²) in [5, 5.41) is 17.3. The Labute approximate surface area is 169 Å². The number of fused-ring (bicyclic) bond motifs is 1. The van der Waals surface area contributed by atoms with Gasteiger partial charge in [-0.25, -0.2) is 4.79 Å². The topological polar surface area (TPSA) is 90.9 Å². The van der Waals surface area contributed by atoms with E-state index >= 15 is 0 Å². The molecule has 0 aliphatic carbocycles. The van der Waals surface area contributed by atoms with Gasteiger partial charge in [-0.3, -0.25) is 10.1 Å². The number of hydrogen-bond acceptors (Lipinski definition) is 6. The Morgan fingerprint density at radius 1 is 1.34 bits per heavy atom. The molecule has 1 atom stereocenters. The van der Waals surface area contributed by atoms with Crippen LogP contribution < -0.4 is 15.5 Å². The molecule has 0 saturated carbocycles. The van der Waals surface area contributed by atoms with Crippen LogP contribution in [-0.2, 0) is 9.53 Å². The molecular weight excluding hydrogens is 370 g/mol. The molecule has 3 N–H and O–H groups in total. The van der Waals surface area contributed by atoms with Crippen molar-refractivity contribution in [3.8, 4) is 0 Å². The number of esters is 1. The first-order valence-corrected chi connectivity index (χ1v) is 9.37. The Kier molecular flexibility index (Phi) is 6.19. The van der Waals surface area contributed by atoms with E-state index in [9.17, 15) is 14.7 Å². The van der Waals surface area contributed by atoms with Crippen molar-refractivity contribution in [1.29, 1.82) is 0 Å². The Morgan fingerprint density at radius 3 is 2.83 bits per heavy atom. The van der Waals surface area contributed by atoms with Gasteiger partial charge in [-0.1, -0.05) is 36.9 Å². The van der Waals surface area contributed by atoms with Crippen LogP contribution >= 0.6 is 0 Å². The highest BCUT2D eigenvalue weighted by atomic mass is 16.5. The Bertz CT molecular complexity index is 983. The lowest BCUT2D eigenvalue weighted by molar-refractivity contribution is -0.123. The number of aliphatic hydroxyl groups is 1. The van der Waals surface area contributed by atoms with Crippen molar-refractivity contribution >= 4 is 28.3 Å². The normalized spacial score (nSPS) is 17.4. The summed E-state index contributed by atoms with van der Waals surface area (Å²) in [6.07, 6.45) is 1.47. The first kappa shape index (κ1) is 20.4. The highest BCUT2D eigenvalue weighted by Gasteiger charge is 2.27. The van der Waals surface area contributed by atoms with Crippen molar-refractivity contribution in [3.63, 3.8) is 0 Å². The molecule has 2 aromatic rings. The molecule has 1 saturated heterocycles. The van der Waals surface area contributed by atoms with Crippen molar-refractivity contribution < 1.29 is 19.4 Å². The minimum atomic E-state index is -0.517. The lowest BCUT2D eigenvalue weighted by atomic mass is 10.0. The molecule has 1 aliphatic rings. The average Bonchev–Trinajstić information content (AvgIpc) is 2.77. The van der Waals surface area contributed by atoms with Crippen molar-refractivity contribution in [2.45, 2.75) is 13.0 Å². The predicted molar refractivity (Wildman–Crippen MR) is 113 cm³/mol. The summed E-state index contributed by atoms with van der Waals surface area (Å²) in [5.74, 6) is -0.938. The molecule has 3 rings (SSSR count). The number of nitrogens with zero attached hydrogens (tertiary/aromatic N) is 1. The van der Waals surface area contributed by atoms with Gasteiger partial charge in [0, 0.05) is 30.9 Å². The molecule has 2 aromatic carbocycles. The van der Waals surface area contributed by atoms with Crippen molar-refractivity contribution in [2.75, 3.05) is 31.6 Å². The third-order valence-electron chi connectivity index (χ3n) is 5.03. The minimum Gasteiger partial charge on any atom is -0.494 e. The van der Waals surface area contributed by atoms with E-state index in [0.717, 1.165) is 16.5 Å². The summed E-state index contributed by atoms with van der Waals surface area (Å²) < 4.78 is 4.95. The number of amides is 1. The number of ether oxygens (including phenoxy) is 1. The Balaban J connectivity index is 1.87.